The molecule has 0 unspecified atom stereocenters. The van der Waals surface area contributed by atoms with Crippen molar-refractivity contribution in [1.82, 2.24) is 10.2 Å². The van der Waals surface area contributed by atoms with Gasteiger partial charge in [-0.3, -0.25) is 9.59 Å². The summed E-state index contributed by atoms with van der Waals surface area (Å²) >= 11 is 3.39. The highest BCUT2D eigenvalue weighted by atomic mass is 79.9. The number of hydrogen-bond acceptors (Lipinski definition) is 4. The molecular weight excluding hydrogens is 376 g/mol. The van der Waals surface area contributed by atoms with Gasteiger partial charge < -0.3 is 19.7 Å². The molecule has 1 fully saturated rings. The molecule has 0 saturated carbocycles. The van der Waals surface area contributed by atoms with Crippen molar-refractivity contribution < 1.29 is 19.1 Å². The maximum Gasteiger partial charge on any atom is 0.252 e. The maximum absolute atomic E-state index is 12.3. The molecule has 0 bridgehead atoms. The topological polar surface area (TPSA) is 67.9 Å². The molecule has 7 heteroatoms. The zero-order valence-electron chi connectivity index (χ0n) is 13.8. The molecule has 1 N–H and O–H groups in total. The van der Waals surface area contributed by atoms with Gasteiger partial charge in [0.15, 0.2) is 0 Å². The number of nitrogens with one attached hydrogen (secondary N) is 1. The number of amides is 2. The van der Waals surface area contributed by atoms with Crippen molar-refractivity contribution in [3.05, 3.63) is 34.3 Å². The number of rotatable bonds is 7. The Bertz CT molecular complexity index is 559. The maximum atomic E-state index is 12.3. The van der Waals surface area contributed by atoms with Gasteiger partial charge in [0.05, 0.1) is 18.8 Å². The monoisotopic (exact) mass is 398 g/mol. The Balaban J connectivity index is 1.73. The number of hydrogen-bond donors (Lipinski definition) is 1. The standard InChI is InChI=1S/C17H23BrN2O4/c1-23-10-11-24-12-16(21)20-8-6-13(7-9-20)19-17(22)14-4-2-3-5-15(14)18/h2-5,13H,6-12H2,1H3,(H,19,22). The molecule has 132 valence electrons. The molecule has 1 aromatic carbocycles. The average Bonchev–Trinajstić information content (AvgIpc) is 2.59. The Kier molecular flexibility index (Phi) is 7.68. The lowest BCUT2D eigenvalue weighted by molar-refractivity contribution is -0.137. The third-order valence-corrected chi connectivity index (χ3v) is 4.65. The molecule has 1 heterocycles. The summed E-state index contributed by atoms with van der Waals surface area (Å²) in [4.78, 5) is 26.1. The Labute approximate surface area is 150 Å². The molecular formula is C17H23BrN2O4. The van der Waals surface area contributed by atoms with Crippen LogP contribution in [0, 0.1) is 0 Å². The summed E-state index contributed by atoms with van der Waals surface area (Å²) in [6.45, 7) is 2.25. The van der Waals surface area contributed by atoms with E-state index >= 15 is 0 Å². The van der Waals surface area contributed by atoms with Crippen LogP contribution in [0.15, 0.2) is 28.7 Å². The first-order valence-corrected chi connectivity index (χ1v) is 8.81. The Morgan fingerprint density at radius 3 is 2.62 bits per heavy atom. The van der Waals surface area contributed by atoms with E-state index in [-0.39, 0.29) is 24.5 Å². The molecule has 0 spiro atoms. The summed E-state index contributed by atoms with van der Waals surface area (Å²) in [6.07, 6.45) is 1.50. The fourth-order valence-corrected chi connectivity index (χ4v) is 3.04. The van der Waals surface area contributed by atoms with E-state index in [2.05, 4.69) is 21.2 Å². The molecule has 24 heavy (non-hydrogen) atoms. The second kappa shape index (κ2) is 9.76. The quantitative estimate of drug-likeness (QED) is 0.711. The number of carbonyl (C=O) groups is 2. The van der Waals surface area contributed by atoms with Gasteiger partial charge >= 0.3 is 0 Å². The molecule has 6 nitrogen and oxygen atoms in total. The summed E-state index contributed by atoms with van der Waals surface area (Å²) < 4.78 is 10.9. The lowest BCUT2D eigenvalue weighted by atomic mass is 10.0. The summed E-state index contributed by atoms with van der Waals surface area (Å²) in [5, 5.41) is 3.04. The number of piperidine rings is 1. The van der Waals surface area contributed by atoms with Crippen molar-refractivity contribution in [1.29, 1.82) is 0 Å². The third-order valence-electron chi connectivity index (χ3n) is 3.96. The van der Waals surface area contributed by atoms with Crippen LogP contribution in [0.4, 0.5) is 0 Å². The predicted molar refractivity (Wildman–Crippen MR) is 93.9 cm³/mol. The van der Waals surface area contributed by atoms with Crippen LogP contribution < -0.4 is 5.32 Å². The van der Waals surface area contributed by atoms with Gasteiger partial charge in [-0.1, -0.05) is 12.1 Å². The highest BCUT2D eigenvalue weighted by Crippen LogP contribution is 2.17. The van der Waals surface area contributed by atoms with Crippen LogP contribution in [0.1, 0.15) is 23.2 Å². The molecule has 1 saturated heterocycles. The van der Waals surface area contributed by atoms with Gasteiger partial charge in [-0.05, 0) is 40.9 Å². The van der Waals surface area contributed by atoms with Crippen molar-refractivity contribution in [2.75, 3.05) is 40.0 Å². The molecule has 1 aliphatic heterocycles. The summed E-state index contributed by atoms with van der Waals surface area (Å²) in [7, 11) is 1.60. The largest absolute Gasteiger partial charge is 0.382 e. The van der Waals surface area contributed by atoms with Crippen LogP contribution in [0.2, 0.25) is 0 Å². The third kappa shape index (κ3) is 5.58. The van der Waals surface area contributed by atoms with Crippen LogP contribution >= 0.6 is 15.9 Å². The van der Waals surface area contributed by atoms with Crippen LogP contribution in [0.5, 0.6) is 0 Å². The van der Waals surface area contributed by atoms with E-state index in [9.17, 15) is 9.59 Å². The van der Waals surface area contributed by atoms with Gasteiger partial charge in [0.25, 0.3) is 5.91 Å². The number of halogens is 1. The normalized spacial score (nSPS) is 15.3. The number of nitrogens with zero attached hydrogens (tertiary/aromatic N) is 1. The minimum absolute atomic E-state index is 0.0123. The second-order valence-corrected chi connectivity index (χ2v) is 6.51. The van der Waals surface area contributed by atoms with Gasteiger partial charge in [-0.2, -0.15) is 0 Å². The van der Waals surface area contributed by atoms with E-state index in [0.717, 1.165) is 17.3 Å². The predicted octanol–water partition coefficient (Wildman–Crippen LogP) is 1.83. The molecule has 0 radical (unpaired) electrons. The fraction of sp³-hybridized carbons (Fsp3) is 0.529. The molecule has 1 aromatic rings. The minimum atomic E-state index is -0.0878. The Morgan fingerprint density at radius 2 is 1.96 bits per heavy atom. The molecule has 0 aliphatic carbocycles. The van der Waals surface area contributed by atoms with Crippen molar-refractivity contribution in [3.63, 3.8) is 0 Å². The zero-order chi connectivity index (χ0) is 17.4. The van der Waals surface area contributed by atoms with Crippen LogP contribution in [-0.4, -0.2) is 62.8 Å². The number of carbonyl (C=O) groups excluding carboxylic acids is 2. The van der Waals surface area contributed by atoms with Crippen LogP contribution in [0.25, 0.3) is 0 Å². The SMILES string of the molecule is COCCOCC(=O)N1CCC(NC(=O)c2ccccc2Br)CC1. The van der Waals surface area contributed by atoms with Gasteiger partial charge in [0.1, 0.15) is 6.61 Å². The lowest BCUT2D eigenvalue weighted by Gasteiger charge is -2.32. The smallest absolute Gasteiger partial charge is 0.252 e. The first kappa shape index (κ1) is 18.9. The van der Waals surface area contributed by atoms with Gasteiger partial charge in [-0.15, -0.1) is 0 Å². The Hall–Kier alpha value is -1.44. The highest BCUT2D eigenvalue weighted by Gasteiger charge is 2.24. The highest BCUT2D eigenvalue weighted by molar-refractivity contribution is 9.10. The van der Waals surface area contributed by atoms with Crippen molar-refractivity contribution in [2.45, 2.75) is 18.9 Å². The summed E-state index contributed by atoms with van der Waals surface area (Å²) in [5.74, 6) is -0.100. The number of ether oxygens (including phenoxy) is 2. The molecule has 0 aromatic heterocycles. The fourth-order valence-electron chi connectivity index (χ4n) is 2.57. The number of likely N-dealkylation sites (tertiary alicyclic amines) is 1. The molecule has 2 rings (SSSR count). The van der Waals surface area contributed by atoms with Crippen molar-refractivity contribution in [3.8, 4) is 0 Å². The first-order valence-electron chi connectivity index (χ1n) is 8.01. The van der Waals surface area contributed by atoms with E-state index in [4.69, 9.17) is 9.47 Å². The van der Waals surface area contributed by atoms with Crippen molar-refractivity contribution >= 4 is 27.7 Å². The first-order chi connectivity index (χ1) is 11.6. The minimum Gasteiger partial charge on any atom is -0.382 e. The van der Waals surface area contributed by atoms with E-state index in [1.165, 1.54) is 0 Å². The Morgan fingerprint density at radius 1 is 1.25 bits per heavy atom. The van der Waals surface area contributed by atoms with Crippen LogP contribution in [0.3, 0.4) is 0 Å². The summed E-state index contributed by atoms with van der Waals surface area (Å²) in [6, 6.07) is 7.43. The molecule has 1 aliphatic rings. The molecule has 0 atom stereocenters. The van der Waals surface area contributed by atoms with Gasteiger partial charge in [0.2, 0.25) is 5.91 Å². The van der Waals surface area contributed by atoms with Crippen LogP contribution in [-0.2, 0) is 14.3 Å². The van der Waals surface area contributed by atoms with Gasteiger partial charge in [-0.25, -0.2) is 0 Å². The van der Waals surface area contributed by atoms with E-state index in [0.29, 0.717) is 31.9 Å². The summed E-state index contributed by atoms with van der Waals surface area (Å²) in [5.41, 5.74) is 0.627. The second-order valence-electron chi connectivity index (χ2n) is 5.65. The zero-order valence-corrected chi connectivity index (χ0v) is 15.4. The average molecular weight is 399 g/mol. The van der Waals surface area contributed by atoms with Crippen molar-refractivity contribution in [2.24, 2.45) is 0 Å². The van der Waals surface area contributed by atoms with E-state index < -0.39 is 0 Å². The molecule has 2 amide bonds. The number of methoxy groups -OCH3 is 1. The number of benzene rings is 1. The van der Waals surface area contributed by atoms with E-state index in [1.807, 2.05) is 18.2 Å². The van der Waals surface area contributed by atoms with E-state index in [1.54, 1.807) is 18.1 Å². The van der Waals surface area contributed by atoms with Gasteiger partial charge in [0, 0.05) is 30.7 Å². The lowest BCUT2D eigenvalue weighted by Crippen LogP contribution is -2.47.